The third kappa shape index (κ3) is 1.50. The van der Waals surface area contributed by atoms with Crippen LogP contribution < -0.4 is 5.32 Å². The monoisotopic (exact) mass is 126 g/mol. The predicted molar refractivity (Wildman–Crippen MR) is 33.8 cm³/mol. The minimum absolute atomic E-state index is 0.786. The lowest BCUT2D eigenvalue weighted by Gasteiger charge is -1.87. The van der Waals surface area contributed by atoms with Crippen LogP contribution in [-0.2, 0) is 13.6 Å². The molecule has 0 aliphatic heterocycles. The first-order valence-corrected chi connectivity index (χ1v) is 2.82. The zero-order valence-electron chi connectivity index (χ0n) is 5.63. The van der Waals surface area contributed by atoms with Crippen LogP contribution in [-0.4, -0.2) is 22.0 Å². The zero-order valence-corrected chi connectivity index (χ0v) is 5.63. The standard InChI is InChI=1S/C5H10N4/c1-6-3-5-4-9(2)8-7-5/h4,6H,3H2,1-2H3. The smallest absolute Gasteiger partial charge is 0.0964 e. The summed E-state index contributed by atoms with van der Waals surface area (Å²) in [5.41, 5.74) is 0.972. The molecule has 1 aromatic heterocycles. The maximum Gasteiger partial charge on any atom is 0.0964 e. The van der Waals surface area contributed by atoms with E-state index in [9.17, 15) is 0 Å². The molecule has 1 rings (SSSR count). The molecule has 4 heteroatoms. The number of nitrogens with one attached hydrogen (secondary N) is 1. The van der Waals surface area contributed by atoms with Crippen molar-refractivity contribution in [3.63, 3.8) is 0 Å². The Morgan fingerprint density at radius 2 is 2.56 bits per heavy atom. The normalized spacial score (nSPS) is 10.0. The lowest BCUT2D eigenvalue weighted by Crippen LogP contribution is -2.04. The quantitative estimate of drug-likeness (QED) is 0.582. The molecular weight excluding hydrogens is 116 g/mol. The van der Waals surface area contributed by atoms with Crippen LogP contribution in [0.1, 0.15) is 5.69 Å². The van der Waals surface area contributed by atoms with Crippen molar-refractivity contribution in [1.29, 1.82) is 0 Å². The highest BCUT2D eigenvalue weighted by Crippen LogP contribution is 1.87. The molecule has 0 aliphatic rings. The van der Waals surface area contributed by atoms with E-state index in [2.05, 4.69) is 15.6 Å². The first-order valence-electron chi connectivity index (χ1n) is 2.82. The third-order valence-electron chi connectivity index (χ3n) is 1.01. The van der Waals surface area contributed by atoms with Crippen LogP contribution >= 0.6 is 0 Å². The van der Waals surface area contributed by atoms with Gasteiger partial charge in [0.05, 0.1) is 5.69 Å². The van der Waals surface area contributed by atoms with Crippen LogP contribution in [0.15, 0.2) is 6.20 Å². The van der Waals surface area contributed by atoms with Gasteiger partial charge in [0.25, 0.3) is 0 Å². The maximum absolute atomic E-state index is 3.86. The molecule has 0 aromatic carbocycles. The molecule has 9 heavy (non-hydrogen) atoms. The molecule has 0 unspecified atom stereocenters. The summed E-state index contributed by atoms with van der Waals surface area (Å²) in [5, 5.41) is 10.6. The largest absolute Gasteiger partial charge is 0.314 e. The third-order valence-corrected chi connectivity index (χ3v) is 1.01. The molecular formula is C5H10N4. The van der Waals surface area contributed by atoms with E-state index in [1.807, 2.05) is 20.3 Å². The lowest BCUT2D eigenvalue weighted by molar-refractivity contribution is 0.710. The lowest BCUT2D eigenvalue weighted by atomic mass is 10.5. The SMILES string of the molecule is CNCc1cn(C)nn1. The number of hydrogen-bond donors (Lipinski definition) is 1. The first kappa shape index (κ1) is 6.22. The van der Waals surface area contributed by atoms with Crippen molar-refractivity contribution in [2.75, 3.05) is 7.05 Å². The second-order valence-corrected chi connectivity index (χ2v) is 1.91. The van der Waals surface area contributed by atoms with Crippen LogP contribution in [0.4, 0.5) is 0 Å². The second kappa shape index (κ2) is 2.59. The Morgan fingerprint density at radius 1 is 1.78 bits per heavy atom. The van der Waals surface area contributed by atoms with Gasteiger partial charge in [0.15, 0.2) is 0 Å². The van der Waals surface area contributed by atoms with E-state index in [0.29, 0.717) is 0 Å². The Balaban J connectivity index is 2.61. The topological polar surface area (TPSA) is 42.7 Å². The van der Waals surface area contributed by atoms with Crippen molar-refractivity contribution in [1.82, 2.24) is 20.3 Å². The van der Waals surface area contributed by atoms with Crippen molar-refractivity contribution in [2.45, 2.75) is 6.54 Å². The van der Waals surface area contributed by atoms with Gasteiger partial charge in [-0.15, -0.1) is 5.10 Å². The molecule has 4 nitrogen and oxygen atoms in total. The van der Waals surface area contributed by atoms with Gasteiger partial charge in [-0.1, -0.05) is 5.21 Å². The van der Waals surface area contributed by atoms with Crippen molar-refractivity contribution in [2.24, 2.45) is 7.05 Å². The zero-order chi connectivity index (χ0) is 6.69. The summed E-state index contributed by atoms with van der Waals surface area (Å²) in [6.45, 7) is 0.786. The van der Waals surface area contributed by atoms with Crippen LogP contribution in [0.2, 0.25) is 0 Å². The highest BCUT2D eigenvalue weighted by atomic mass is 15.4. The number of aromatic nitrogens is 3. The molecule has 0 spiro atoms. The van der Waals surface area contributed by atoms with E-state index in [0.717, 1.165) is 12.2 Å². The average Bonchev–Trinajstić information content (AvgIpc) is 2.17. The molecule has 0 saturated heterocycles. The van der Waals surface area contributed by atoms with Gasteiger partial charge in [-0.3, -0.25) is 4.68 Å². The van der Waals surface area contributed by atoms with Gasteiger partial charge in [0.1, 0.15) is 0 Å². The van der Waals surface area contributed by atoms with Gasteiger partial charge in [-0.2, -0.15) is 0 Å². The second-order valence-electron chi connectivity index (χ2n) is 1.91. The van der Waals surface area contributed by atoms with E-state index < -0.39 is 0 Å². The van der Waals surface area contributed by atoms with E-state index in [4.69, 9.17) is 0 Å². The van der Waals surface area contributed by atoms with Gasteiger partial charge in [0.2, 0.25) is 0 Å². The summed E-state index contributed by atoms with van der Waals surface area (Å²) in [6.07, 6.45) is 1.89. The fourth-order valence-corrected chi connectivity index (χ4v) is 0.657. The van der Waals surface area contributed by atoms with E-state index in [1.54, 1.807) is 4.68 Å². The Kier molecular flexibility index (Phi) is 1.79. The summed E-state index contributed by atoms with van der Waals surface area (Å²) in [5.74, 6) is 0. The minimum Gasteiger partial charge on any atom is -0.314 e. The summed E-state index contributed by atoms with van der Waals surface area (Å²) in [7, 11) is 3.74. The number of nitrogens with zero attached hydrogens (tertiary/aromatic N) is 3. The van der Waals surface area contributed by atoms with E-state index in [-0.39, 0.29) is 0 Å². The van der Waals surface area contributed by atoms with Crippen molar-refractivity contribution >= 4 is 0 Å². The molecule has 1 N–H and O–H groups in total. The van der Waals surface area contributed by atoms with E-state index >= 15 is 0 Å². The van der Waals surface area contributed by atoms with Gasteiger partial charge in [0, 0.05) is 19.8 Å². The van der Waals surface area contributed by atoms with Crippen LogP contribution in [0, 0.1) is 0 Å². The first-order chi connectivity index (χ1) is 4.33. The molecule has 0 bridgehead atoms. The van der Waals surface area contributed by atoms with E-state index in [1.165, 1.54) is 0 Å². The Labute approximate surface area is 53.9 Å². The molecule has 0 radical (unpaired) electrons. The number of aryl methyl sites for hydroxylation is 1. The molecule has 0 amide bonds. The molecule has 0 fully saturated rings. The Bertz CT molecular complexity index is 181. The van der Waals surface area contributed by atoms with Crippen LogP contribution in [0.5, 0.6) is 0 Å². The molecule has 0 saturated carbocycles. The van der Waals surface area contributed by atoms with Crippen molar-refractivity contribution in [3.05, 3.63) is 11.9 Å². The van der Waals surface area contributed by atoms with Crippen LogP contribution in [0.25, 0.3) is 0 Å². The van der Waals surface area contributed by atoms with Crippen LogP contribution in [0.3, 0.4) is 0 Å². The number of hydrogen-bond acceptors (Lipinski definition) is 3. The fraction of sp³-hybridized carbons (Fsp3) is 0.600. The van der Waals surface area contributed by atoms with Crippen molar-refractivity contribution < 1.29 is 0 Å². The van der Waals surface area contributed by atoms with Crippen molar-refractivity contribution in [3.8, 4) is 0 Å². The van der Waals surface area contributed by atoms with Gasteiger partial charge >= 0.3 is 0 Å². The summed E-state index contributed by atoms with van der Waals surface area (Å²) >= 11 is 0. The molecule has 1 heterocycles. The average molecular weight is 126 g/mol. The fourth-order valence-electron chi connectivity index (χ4n) is 0.657. The number of rotatable bonds is 2. The summed E-state index contributed by atoms with van der Waals surface area (Å²) in [4.78, 5) is 0. The molecule has 50 valence electrons. The van der Waals surface area contributed by atoms with Gasteiger partial charge < -0.3 is 5.32 Å². The predicted octanol–water partition coefficient (Wildman–Crippen LogP) is -0.466. The highest BCUT2D eigenvalue weighted by Gasteiger charge is 1.92. The molecule has 0 atom stereocenters. The highest BCUT2D eigenvalue weighted by molar-refractivity contribution is 4.90. The Hall–Kier alpha value is -0.900. The summed E-state index contributed by atoms with van der Waals surface area (Å²) in [6, 6.07) is 0. The molecule has 0 aliphatic carbocycles. The Morgan fingerprint density at radius 3 is 3.00 bits per heavy atom. The summed E-state index contributed by atoms with van der Waals surface area (Å²) < 4.78 is 1.69. The molecule has 1 aromatic rings. The maximum atomic E-state index is 3.86. The minimum atomic E-state index is 0.786. The van der Waals surface area contributed by atoms with Gasteiger partial charge in [-0.05, 0) is 7.05 Å². The van der Waals surface area contributed by atoms with Gasteiger partial charge in [-0.25, -0.2) is 0 Å².